The topological polar surface area (TPSA) is 47.0 Å². The largest absolute Gasteiger partial charge is 0.369 e. The maximum absolute atomic E-state index is 5.93. The molecule has 0 aliphatic rings. The summed E-state index contributed by atoms with van der Waals surface area (Å²) in [7, 11) is 0. The predicted molar refractivity (Wildman–Crippen MR) is 91.8 cm³/mol. The molecule has 0 saturated carbocycles. The SMILES string of the molecule is CCCNc1nc(C(C)(CC)OCC)nc(CCC)c1Br. The van der Waals surface area contributed by atoms with Crippen molar-refractivity contribution in [2.45, 2.75) is 65.9 Å². The van der Waals surface area contributed by atoms with Crippen molar-refractivity contribution in [1.82, 2.24) is 9.97 Å². The van der Waals surface area contributed by atoms with Gasteiger partial charge in [0.1, 0.15) is 11.4 Å². The lowest BCUT2D eigenvalue weighted by Crippen LogP contribution is -2.29. The van der Waals surface area contributed by atoms with Gasteiger partial charge in [0.15, 0.2) is 5.82 Å². The van der Waals surface area contributed by atoms with Crippen LogP contribution in [-0.4, -0.2) is 23.1 Å². The van der Waals surface area contributed by atoms with Crippen LogP contribution < -0.4 is 5.32 Å². The molecule has 1 unspecified atom stereocenters. The molecule has 0 aromatic carbocycles. The number of halogens is 1. The van der Waals surface area contributed by atoms with Crippen LogP contribution in [0.3, 0.4) is 0 Å². The maximum Gasteiger partial charge on any atom is 0.162 e. The number of nitrogens with one attached hydrogen (secondary N) is 1. The van der Waals surface area contributed by atoms with Crippen LogP contribution in [0.1, 0.15) is 65.4 Å². The number of aromatic nitrogens is 2. The summed E-state index contributed by atoms with van der Waals surface area (Å²) in [5.41, 5.74) is 0.626. The van der Waals surface area contributed by atoms with Gasteiger partial charge in [-0.1, -0.05) is 27.2 Å². The molecule has 1 aromatic heterocycles. The van der Waals surface area contributed by atoms with E-state index in [2.05, 4.69) is 48.9 Å². The van der Waals surface area contributed by atoms with Crippen LogP contribution >= 0.6 is 15.9 Å². The summed E-state index contributed by atoms with van der Waals surface area (Å²) in [4.78, 5) is 9.49. The Morgan fingerprint density at radius 3 is 2.38 bits per heavy atom. The van der Waals surface area contributed by atoms with E-state index >= 15 is 0 Å². The Morgan fingerprint density at radius 2 is 1.86 bits per heavy atom. The van der Waals surface area contributed by atoms with Crippen LogP contribution in [0.15, 0.2) is 4.47 Å². The average molecular weight is 358 g/mol. The van der Waals surface area contributed by atoms with Crippen molar-refractivity contribution in [2.24, 2.45) is 0 Å². The summed E-state index contributed by atoms with van der Waals surface area (Å²) in [5.74, 6) is 1.65. The van der Waals surface area contributed by atoms with E-state index in [0.717, 1.165) is 54.0 Å². The van der Waals surface area contributed by atoms with Gasteiger partial charge in [0.05, 0.1) is 10.2 Å². The Balaban J connectivity index is 3.27. The van der Waals surface area contributed by atoms with Crippen LogP contribution in [-0.2, 0) is 16.8 Å². The van der Waals surface area contributed by atoms with Gasteiger partial charge in [0, 0.05) is 13.2 Å². The molecule has 1 heterocycles. The van der Waals surface area contributed by atoms with E-state index in [0.29, 0.717) is 6.61 Å². The molecule has 0 spiro atoms. The van der Waals surface area contributed by atoms with Crippen LogP contribution in [0, 0.1) is 0 Å². The van der Waals surface area contributed by atoms with Crippen molar-refractivity contribution < 1.29 is 4.74 Å². The maximum atomic E-state index is 5.93. The summed E-state index contributed by atoms with van der Waals surface area (Å²) in [5, 5.41) is 3.39. The number of nitrogens with zero attached hydrogens (tertiary/aromatic N) is 2. The van der Waals surface area contributed by atoms with Crippen LogP contribution in [0.4, 0.5) is 5.82 Å². The first-order valence-corrected chi connectivity index (χ1v) is 8.76. The molecule has 5 heteroatoms. The summed E-state index contributed by atoms with van der Waals surface area (Å²) < 4.78 is 6.91. The van der Waals surface area contributed by atoms with Crippen molar-refractivity contribution in [3.8, 4) is 0 Å². The minimum absolute atomic E-state index is 0.430. The molecule has 1 aromatic rings. The van der Waals surface area contributed by atoms with Gasteiger partial charge in [-0.25, -0.2) is 9.97 Å². The highest BCUT2D eigenvalue weighted by atomic mass is 79.9. The zero-order chi connectivity index (χ0) is 15.9. The minimum atomic E-state index is -0.430. The number of ether oxygens (including phenoxy) is 1. The quantitative estimate of drug-likeness (QED) is 0.697. The zero-order valence-corrected chi connectivity index (χ0v) is 15.5. The van der Waals surface area contributed by atoms with E-state index in [4.69, 9.17) is 14.7 Å². The first-order valence-electron chi connectivity index (χ1n) is 7.97. The van der Waals surface area contributed by atoms with Gasteiger partial charge in [-0.15, -0.1) is 0 Å². The number of hydrogen-bond acceptors (Lipinski definition) is 4. The summed E-state index contributed by atoms with van der Waals surface area (Å²) >= 11 is 3.65. The molecule has 1 rings (SSSR count). The van der Waals surface area contributed by atoms with Gasteiger partial charge < -0.3 is 10.1 Å². The second-order valence-corrected chi connectivity index (χ2v) is 6.14. The fourth-order valence-corrected chi connectivity index (χ4v) is 2.65. The molecular weight excluding hydrogens is 330 g/mol. The Labute approximate surface area is 137 Å². The molecule has 0 aliphatic heterocycles. The van der Waals surface area contributed by atoms with Gasteiger partial charge in [-0.05, 0) is 49.0 Å². The van der Waals surface area contributed by atoms with Gasteiger partial charge in [0.25, 0.3) is 0 Å². The van der Waals surface area contributed by atoms with E-state index in [1.54, 1.807) is 0 Å². The lowest BCUT2D eigenvalue weighted by molar-refractivity contribution is -0.0391. The third-order valence-corrected chi connectivity index (χ3v) is 4.39. The van der Waals surface area contributed by atoms with Crippen molar-refractivity contribution >= 4 is 21.7 Å². The first-order chi connectivity index (χ1) is 10.0. The second kappa shape index (κ2) is 8.69. The molecule has 0 radical (unpaired) electrons. The molecular formula is C16H28BrN3O. The van der Waals surface area contributed by atoms with Gasteiger partial charge in [-0.3, -0.25) is 0 Å². The highest BCUT2D eigenvalue weighted by molar-refractivity contribution is 9.10. The lowest BCUT2D eigenvalue weighted by atomic mass is 10.0. The average Bonchev–Trinajstić information content (AvgIpc) is 2.48. The summed E-state index contributed by atoms with van der Waals surface area (Å²) in [6.45, 7) is 12.1. The highest BCUT2D eigenvalue weighted by Gasteiger charge is 2.30. The lowest BCUT2D eigenvalue weighted by Gasteiger charge is -2.27. The molecule has 1 N–H and O–H groups in total. The normalized spacial score (nSPS) is 14.0. The van der Waals surface area contributed by atoms with Crippen molar-refractivity contribution in [1.29, 1.82) is 0 Å². The number of rotatable bonds is 9. The molecule has 0 aliphatic carbocycles. The van der Waals surface area contributed by atoms with E-state index in [-0.39, 0.29) is 0 Å². The molecule has 0 fully saturated rings. The zero-order valence-electron chi connectivity index (χ0n) is 13.9. The van der Waals surface area contributed by atoms with Crippen LogP contribution in [0.5, 0.6) is 0 Å². The monoisotopic (exact) mass is 357 g/mol. The standard InChI is InChI=1S/C16H28BrN3O/c1-6-10-12-13(17)14(18-11-7-2)20-15(19-12)16(5,8-3)21-9-4/h6-11H2,1-5H3,(H,18,19,20). The fraction of sp³-hybridized carbons (Fsp3) is 0.750. The number of anilines is 1. The third-order valence-electron chi connectivity index (χ3n) is 3.56. The summed E-state index contributed by atoms with van der Waals surface area (Å²) in [6.07, 6.45) is 3.90. The molecule has 120 valence electrons. The molecule has 21 heavy (non-hydrogen) atoms. The Bertz CT molecular complexity index is 453. The smallest absolute Gasteiger partial charge is 0.162 e. The molecule has 0 saturated heterocycles. The van der Waals surface area contributed by atoms with Gasteiger partial charge in [-0.2, -0.15) is 0 Å². The van der Waals surface area contributed by atoms with Crippen molar-refractivity contribution in [3.05, 3.63) is 16.0 Å². The number of aryl methyl sites for hydroxylation is 1. The highest BCUT2D eigenvalue weighted by Crippen LogP contribution is 2.31. The predicted octanol–water partition coefficient (Wildman–Crippen LogP) is 4.68. The molecule has 0 bridgehead atoms. The van der Waals surface area contributed by atoms with E-state index in [9.17, 15) is 0 Å². The molecule has 1 atom stereocenters. The second-order valence-electron chi connectivity index (χ2n) is 5.35. The molecule has 0 amide bonds. The van der Waals surface area contributed by atoms with E-state index < -0.39 is 5.60 Å². The van der Waals surface area contributed by atoms with E-state index in [1.165, 1.54) is 0 Å². The van der Waals surface area contributed by atoms with Crippen molar-refractivity contribution in [3.63, 3.8) is 0 Å². The Morgan fingerprint density at radius 1 is 1.14 bits per heavy atom. The van der Waals surface area contributed by atoms with E-state index in [1.807, 2.05) is 6.92 Å². The Kier molecular flexibility index (Phi) is 7.60. The van der Waals surface area contributed by atoms with Crippen molar-refractivity contribution in [2.75, 3.05) is 18.5 Å². The van der Waals surface area contributed by atoms with Gasteiger partial charge >= 0.3 is 0 Å². The Hall–Kier alpha value is -0.680. The summed E-state index contributed by atoms with van der Waals surface area (Å²) in [6, 6.07) is 0. The van der Waals surface area contributed by atoms with Gasteiger partial charge in [0.2, 0.25) is 0 Å². The minimum Gasteiger partial charge on any atom is -0.369 e. The third kappa shape index (κ3) is 4.65. The molecule has 4 nitrogen and oxygen atoms in total. The first kappa shape index (κ1) is 18.4. The number of hydrogen-bond donors (Lipinski definition) is 1. The van der Waals surface area contributed by atoms with Crippen LogP contribution in [0.25, 0.3) is 0 Å². The van der Waals surface area contributed by atoms with Crippen LogP contribution in [0.2, 0.25) is 0 Å². The fourth-order valence-electron chi connectivity index (χ4n) is 2.14.